The lowest BCUT2D eigenvalue weighted by Gasteiger charge is -2.19. The number of amides is 1. The highest BCUT2D eigenvalue weighted by atomic mass is 32.2. The highest BCUT2D eigenvalue weighted by Gasteiger charge is 2.21. The zero-order chi connectivity index (χ0) is 18.7. The van der Waals surface area contributed by atoms with E-state index in [4.69, 9.17) is 0 Å². The Hall–Kier alpha value is -2.60. The summed E-state index contributed by atoms with van der Waals surface area (Å²) in [5.74, 6) is -0.452. The van der Waals surface area contributed by atoms with Crippen molar-refractivity contribution in [2.75, 3.05) is 13.3 Å². The van der Waals surface area contributed by atoms with Crippen LogP contribution in [0.1, 0.15) is 21.6 Å². The van der Waals surface area contributed by atoms with Crippen molar-refractivity contribution in [1.82, 2.24) is 14.5 Å². The van der Waals surface area contributed by atoms with E-state index in [-0.39, 0.29) is 11.7 Å². The Morgan fingerprint density at radius 1 is 1.15 bits per heavy atom. The largest absolute Gasteiger partial charge is 0.336 e. The van der Waals surface area contributed by atoms with Crippen LogP contribution in [0.4, 0.5) is 4.39 Å². The predicted octanol–water partition coefficient (Wildman–Crippen LogP) is 4.31. The van der Waals surface area contributed by atoms with E-state index in [1.54, 1.807) is 34.8 Å². The Morgan fingerprint density at radius 2 is 1.81 bits per heavy atom. The molecule has 0 N–H and O–H groups in total. The summed E-state index contributed by atoms with van der Waals surface area (Å²) >= 11 is 1.44. The maximum absolute atomic E-state index is 13.3. The number of benzene rings is 2. The van der Waals surface area contributed by atoms with Crippen LogP contribution in [0.5, 0.6) is 0 Å². The maximum Gasteiger partial charge on any atom is 0.272 e. The van der Waals surface area contributed by atoms with Crippen LogP contribution in [0.3, 0.4) is 0 Å². The van der Waals surface area contributed by atoms with Crippen molar-refractivity contribution in [3.63, 3.8) is 0 Å². The second-order valence-electron chi connectivity index (χ2n) is 6.09. The molecule has 0 spiro atoms. The van der Waals surface area contributed by atoms with Gasteiger partial charge in [0.1, 0.15) is 11.5 Å². The molecule has 1 heterocycles. The van der Waals surface area contributed by atoms with E-state index in [1.165, 1.54) is 29.5 Å². The smallest absolute Gasteiger partial charge is 0.272 e. The fraction of sp³-hybridized carbons (Fsp3) is 0.200. The predicted molar refractivity (Wildman–Crippen MR) is 102 cm³/mol. The molecule has 26 heavy (non-hydrogen) atoms. The minimum atomic E-state index is -0.316. The first-order chi connectivity index (χ1) is 12.5. The molecule has 0 radical (unpaired) electrons. The molecule has 3 aromatic rings. The molecule has 134 valence electrons. The second-order valence-corrected chi connectivity index (χ2v) is 6.86. The number of thioether (sulfide) groups is 1. The van der Waals surface area contributed by atoms with Gasteiger partial charge in [-0.3, -0.25) is 9.36 Å². The third-order valence-corrected chi connectivity index (χ3v) is 4.76. The minimum Gasteiger partial charge on any atom is -0.336 e. The standard InChI is InChI=1S/C20H20FN3OS/c1-14-4-6-15(7-5-14)13-23(2)19(25)18-12-22-20(26-3)24(18)17-10-8-16(21)9-11-17/h4-12H,13H2,1-3H3. The number of halogens is 1. The molecule has 0 aliphatic rings. The zero-order valence-electron chi connectivity index (χ0n) is 14.9. The van der Waals surface area contributed by atoms with Gasteiger partial charge in [0.15, 0.2) is 5.16 Å². The fourth-order valence-electron chi connectivity index (χ4n) is 2.70. The van der Waals surface area contributed by atoms with Gasteiger partial charge in [0, 0.05) is 19.3 Å². The zero-order valence-corrected chi connectivity index (χ0v) is 15.8. The first kappa shape index (κ1) is 18.2. The Labute approximate surface area is 156 Å². The van der Waals surface area contributed by atoms with Crippen LogP contribution in [0.15, 0.2) is 59.9 Å². The molecule has 6 heteroatoms. The second kappa shape index (κ2) is 7.74. The van der Waals surface area contributed by atoms with Crippen molar-refractivity contribution < 1.29 is 9.18 Å². The van der Waals surface area contributed by atoms with Gasteiger partial charge >= 0.3 is 0 Å². The van der Waals surface area contributed by atoms with E-state index in [9.17, 15) is 9.18 Å². The first-order valence-electron chi connectivity index (χ1n) is 8.18. The average molecular weight is 369 g/mol. The summed E-state index contributed by atoms with van der Waals surface area (Å²) in [4.78, 5) is 19.0. The lowest BCUT2D eigenvalue weighted by Crippen LogP contribution is -2.28. The highest BCUT2D eigenvalue weighted by Crippen LogP contribution is 2.23. The maximum atomic E-state index is 13.3. The van der Waals surface area contributed by atoms with E-state index in [2.05, 4.69) is 4.98 Å². The SMILES string of the molecule is CSc1ncc(C(=O)N(C)Cc2ccc(C)cc2)n1-c1ccc(F)cc1. The average Bonchev–Trinajstić information content (AvgIpc) is 3.07. The number of hydrogen-bond donors (Lipinski definition) is 0. The normalized spacial score (nSPS) is 10.8. The summed E-state index contributed by atoms with van der Waals surface area (Å²) in [7, 11) is 1.77. The summed E-state index contributed by atoms with van der Waals surface area (Å²) in [6, 6.07) is 14.1. The quantitative estimate of drug-likeness (QED) is 0.629. The molecule has 3 rings (SSSR count). The lowest BCUT2D eigenvalue weighted by molar-refractivity contribution is 0.0776. The molecule has 0 atom stereocenters. The highest BCUT2D eigenvalue weighted by molar-refractivity contribution is 7.98. The van der Waals surface area contributed by atoms with Crippen LogP contribution < -0.4 is 0 Å². The number of imidazole rings is 1. The van der Waals surface area contributed by atoms with Crippen LogP contribution in [0.2, 0.25) is 0 Å². The van der Waals surface area contributed by atoms with Crippen molar-refractivity contribution in [3.8, 4) is 5.69 Å². The molecule has 0 fully saturated rings. The Balaban J connectivity index is 1.90. The van der Waals surface area contributed by atoms with Gasteiger partial charge in [-0.15, -0.1) is 0 Å². The molecule has 0 aliphatic heterocycles. The van der Waals surface area contributed by atoms with E-state index in [0.717, 1.165) is 5.56 Å². The van der Waals surface area contributed by atoms with Gasteiger partial charge in [-0.25, -0.2) is 9.37 Å². The Morgan fingerprint density at radius 3 is 2.42 bits per heavy atom. The van der Waals surface area contributed by atoms with Crippen LogP contribution in [-0.4, -0.2) is 33.7 Å². The van der Waals surface area contributed by atoms with Crippen LogP contribution in [0, 0.1) is 12.7 Å². The van der Waals surface area contributed by atoms with Crippen molar-refractivity contribution in [2.24, 2.45) is 0 Å². The first-order valence-corrected chi connectivity index (χ1v) is 9.40. The van der Waals surface area contributed by atoms with Crippen molar-refractivity contribution in [2.45, 2.75) is 18.6 Å². The number of hydrogen-bond acceptors (Lipinski definition) is 3. The van der Waals surface area contributed by atoms with Crippen molar-refractivity contribution in [3.05, 3.63) is 77.4 Å². The molecule has 0 saturated carbocycles. The molecule has 4 nitrogen and oxygen atoms in total. The Bertz CT molecular complexity index is 904. The minimum absolute atomic E-state index is 0.136. The number of aryl methyl sites for hydroxylation is 1. The van der Waals surface area contributed by atoms with Gasteiger partial charge in [-0.2, -0.15) is 0 Å². The van der Waals surface area contributed by atoms with E-state index >= 15 is 0 Å². The molecule has 0 unspecified atom stereocenters. The number of aromatic nitrogens is 2. The van der Waals surface area contributed by atoms with Crippen LogP contribution in [-0.2, 0) is 6.54 Å². The molecule has 0 aliphatic carbocycles. The molecule has 0 saturated heterocycles. The molecule has 0 bridgehead atoms. The molecule has 2 aromatic carbocycles. The summed E-state index contributed by atoms with van der Waals surface area (Å²) in [6.45, 7) is 2.53. The lowest BCUT2D eigenvalue weighted by atomic mass is 10.1. The summed E-state index contributed by atoms with van der Waals surface area (Å²) < 4.78 is 15.0. The van der Waals surface area contributed by atoms with Gasteiger partial charge in [0.25, 0.3) is 5.91 Å². The van der Waals surface area contributed by atoms with Crippen molar-refractivity contribution in [1.29, 1.82) is 0 Å². The van der Waals surface area contributed by atoms with Gasteiger partial charge < -0.3 is 4.90 Å². The number of nitrogens with zero attached hydrogens (tertiary/aromatic N) is 3. The topological polar surface area (TPSA) is 38.1 Å². The van der Waals surface area contributed by atoms with E-state index in [1.807, 2.05) is 37.4 Å². The molecular weight excluding hydrogens is 349 g/mol. The van der Waals surface area contributed by atoms with Gasteiger partial charge in [0.05, 0.1) is 6.20 Å². The monoisotopic (exact) mass is 369 g/mol. The summed E-state index contributed by atoms with van der Waals surface area (Å²) in [5.41, 5.74) is 3.40. The molecule has 1 amide bonds. The number of rotatable bonds is 5. The van der Waals surface area contributed by atoms with E-state index < -0.39 is 0 Å². The van der Waals surface area contributed by atoms with Gasteiger partial charge in [-0.1, -0.05) is 41.6 Å². The molecule has 1 aromatic heterocycles. The van der Waals surface area contributed by atoms with Gasteiger partial charge in [-0.05, 0) is 43.0 Å². The van der Waals surface area contributed by atoms with Crippen molar-refractivity contribution >= 4 is 17.7 Å². The summed E-state index contributed by atoms with van der Waals surface area (Å²) in [6.07, 6.45) is 3.47. The van der Waals surface area contributed by atoms with Crippen LogP contribution in [0.25, 0.3) is 5.69 Å². The number of carbonyl (C=O) groups excluding carboxylic acids is 1. The summed E-state index contributed by atoms with van der Waals surface area (Å²) in [5, 5.41) is 0.684. The van der Waals surface area contributed by atoms with Gasteiger partial charge in [0.2, 0.25) is 0 Å². The Kier molecular flexibility index (Phi) is 5.42. The van der Waals surface area contributed by atoms with Crippen LogP contribution >= 0.6 is 11.8 Å². The third kappa shape index (κ3) is 3.80. The van der Waals surface area contributed by atoms with E-state index in [0.29, 0.717) is 23.1 Å². The number of carbonyl (C=O) groups is 1. The third-order valence-electron chi connectivity index (χ3n) is 4.10. The fourth-order valence-corrected chi connectivity index (χ4v) is 3.25. The molecular formula is C20H20FN3OS.